The van der Waals surface area contributed by atoms with Crippen molar-refractivity contribution in [1.29, 1.82) is 0 Å². The van der Waals surface area contributed by atoms with E-state index in [0.717, 1.165) is 25.7 Å². The first-order valence-corrected chi connectivity index (χ1v) is 11.8. The van der Waals surface area contributed by atoms with Gasteiger partial charge in [0.05, 0.1) is 0 Å². The first kappa shape index (κ1) is 17.9. The van der Waals surface area contributed by atoms with Gasteiger partial charge in [0.2, 0.25) is 0 Å². The second-order valence-electron chi connectivity index (χ2n) is 9.19. The molecule has 0 aromatic heterocycles. The predicted octanol–water partition coefficient (Wildman–Crippen LogP) is 5.35. The minimum Gasteiger partial charge on any atom is -0.414 e. The third-order valence-electron chi connectivity index (χ3n) is 6.15. The number of carbonyl (C=O) groups excluding carboxylic acids is 1. The quantitative estimate of drug-likeness (QED) is 0.515. The molecule has 0 spiro atoms. The molecule has 0 aromatic carbocycles. The van der Waals surface area contributed by atoms with Crippen molar-refractivity contribution >= 4 is 14.1 Å². The highest BCUT2D eigenvalue weighted by Crippen LogP contribution is 2.50. The van der Waals surface area contributed by atoms with Crippen LogP contribution in [0, 0.1) is 17.8 Å². The molecule has 2 saturated carbocycles. The highest BCUT2D eigenvalue weighted by Gasteiger charge is 2.49. The number of allylic oxidation sites excluding steroid dienone is 2. The molecule has 0 radical (unpaired) electrons. The zero-order chi connectivity index (χ0) is 16.7. The number of fused-ring (bicyclic) bond motifs is 1. The molecule has 2 fully saturated rings. The zero-order valence-electron chi connectivity index (χ0n) is 15.5. The number of Topliss-reactive ketones (excluding diaryl/α,β-unsaturated/α-hetero) is 1. The Balaban J connectivity index is 2.01. The molecule has 2 aliphatic carbocycles. The molecule has 0 amide bonds. The Morgan fingerprint density at radius 3 is 2.45 bits per heavy atom. The lowest BCUT2D eigenvalue weighted by Gasteiger charge is -2.38. The van der Waals surface area contributed by atoms with Crippen LogP contribution in [0.25, 0.3) is 0 Å². The average Bonchev–Trinajstić information content (AvgIpc) is 2.80. The van der Waals surface area contributed by atoms with Gasteiger partial charge in [-0.05, 0) is 63.1 Å². The Hall–Kier alpha value is -0.413. The van der Waals surface area contributed by atoms with E-state index in [1.165, 1.54) is 5.57 Å². The van der Waals surface area contributed by atoms with Gasteiger partial charge in [-0.1, -0.05) is 32.4 Å². The van der Waals surface area contributed by atoms with Crippen LogP contribution in [-0.2, 0) is 9.22 Å². The lowest BCUT2D eigenvalue weighted by molar-refractivity contribution is -0.121. The van der Waals surface area contributed by atoms with Crippen molar-refractivity contribution in [2.24, 2.45) is 17.8 Å². The number of ketones is 1. The van der Waals surface area contributed by atoms with Crippen LogP contribution in [0.2, 0.25) is 18.1 Å². The van der Waals surface area contributed by atoms with Crippen LogP contribution in [0.15, 0.2) is 11.6 Å². The fourth-order valence-electron chi connectivity index (χ4n) is 3.84. The van der Waals surface area contributed by atoms with E-state index in [4.69, 9.17) is 4.43 Å². The second-order valence-corrected chi connectivity index (χ2v) is 13.9. The van der Waals surface area contributed by atoms with Gasteiger partial charge in [0, 0.05) is 18.4 Å². The van der Waals surface area contributed by atoms with E-state index in [9.17, 15) is 4.79 Å². The molecule has 0 saturated heterocycles. The molecule has 0 aliphatic heterocycles. The molecule has 0 heterocycles. The van der Waals surface area contributed by atoms with Gasteiger partial charge in [0.25, 0.3) is 0 Å². The van der Waals surface area contributed by atoms with Crippen LogP contribution < -0.4 is 0 Å². The van der Waals surface area contributed by atoms with E-state index in [0.29, 0.717) is 23.7 Å². The molecule has 0 unspecified atom stereocenters. The van der Waals surface area contributed by atoms with Crippen LogP contribution in [0.3, 0.4) is 0 Å². The molecule has 0 bridgehead atoms. The Morgan fingerprint density at radius 1 is 1.27 bits per heavy atom. The van der Waals surface area contributed by atoms with E-state index in [1.54, 1.807) is 0 Å². The Morgan fingerprint density at radius 2 is 1.91 bits per heavy atom. The molecule has 126 valence electrons. The number of carbonyl (C=O) groups is 1. The highest BCUT2D eigenvalue weighted by molar-refractivity contribution is 6.74. The first-order valence-electron chi connectivity index (χ1n) is 8.85. The molecule has 2 aliphatic rings. The van der Waals surface area contributed by atoms with E-state index >= 15 is 0 Å². The van der Waals surface area contributed by atoms with Crippen molar-refractivity contribution in [1.82, 2.24) is 0 Å². The van der Waals surface area contributed by atoms with Gasteiger partial charge >= 0.3 is 0 Å². The summed E-state index contributed by atoms with van der Waals surface area (Å²) in [7, 11) is -1.69. The highest BCUT2D eigenvalue weighted by atomic mass is 28.4. The molecule has 0 aromatic rings. The maximum Gasteiger partial charge on any atom is 0.192 e. The van der Waals surface area contributed by atoms with Crippen LogP contribution >= 0.6 is 0 Å². The van der Waals surface area contributed by atoms with Crippen molar-refractivity contribution < 1.29 is 9.22 Å². The molecule has 22 heavy (non-hydrogen) atoms. The van der Waals surface area contributed by atoms with Gasteiger partial charge in [-0.3, -0.25) is 4.79 Å². The number of hydrogen-bond donors (Lipinski definition) is 0. The van der Waals surface area contributed by atoms with Crippen molar-refractivity contribution in [2.75, 3.05) is 0 Å². The summed E-state index contributed by atoms with van der Waals surface area (Å²) in [6.07, 6.45) is 6.57. The summed E-state index contributed by atoms with van der Waals surface area (Å²) >= 11 is 0. The Bertz CT molecular complexity index is 455. The summed E-state index contributed by atoms with van der Waals surface area (Å²) in [4.78, 5) is 12.3. The largest absolute Gasteiger partial charge is 0.414 e. The van der Waals surface area contributed by atoms with Crippen molar-refractivity contribution in [3.63, 3.8) is 0 Å². The molecule has 2 nitrogen and oxygen atoms in total. The average molecular weight is 323 g/mol. The Kier molecular flexibility index (Phi) is 5.08. The fourth-order valence-corrected chi connectivity index (χ4v) is 5.22. The lowest BCUT2D eigenvalue weighted by atomic mass is 9.89. The monoisotopic (exact) mass is 322 g/mol. The SMILES string of the molecule is CC(C)=CC[C@H]1C(=O)C[C@@H]2C[C@H](O[Si](C)(C)C(C)(C)C)C[C@@H]21. The lowest BCUT2D eigenvalue weighted by Crippen LogP contribution is -2.43. The summed E-state index contributed by atoms with van der Waals surface area (Å²) in [5.74, 6) is 1.90. The third kappa shape index (κ3) is 3.73. The van der Waals surface area contributed by atoms with Crippen LogP contribution in [0.1, 0.15) is 60.3 Å². The summed E-state index contributed by atoms with van der Waals surface area (Å²) in [5, 5.41) is 0.266. The predicted molar refractivity (Wildman–Crippen MR) is 95.4 cm³/mol. The van der Waals surface area contributed by atoms with E-state index in [2.05, 4.69) is 53.8 Å². The zero-order valence-corrected chi connectivity index (χ0v) is 16.5. The van der Waals surface area contributed by atoms with E-state index < -0.39 is 8.32 Å². The first-order chi connectivity index (χ1) is 10.0. The Labute approximate surface area is 137 Å². The molecule has 4 atom stereocenters. The molecular formula is C19H34O2Si. The van der Waals surface area contributed by atoms with Gasteiger partial charge in [0.15, 0.2) is 8.32 Å². The van der Waals surface area contributed by atoms with Crippen LogP contribution in [0.5, 0.6) is 0 Å². The van der Waals surface area contributed by atoms with Crippen molar-refractivity contribution in [3.05, 3.63) is 11.6 Å². The van der Waals surface area contributed by atoms with Crippen molar-refractivity contribution in [2.45, 2.75) is 84.5 Å². The van der Waals surface area contributed by atoms with Gasteiger partial charge in [-0.2, -0.15) is 0 Å². The fraction of sp³-hybridized carbons (Fsp3) is 0.842. The van der Waals surface area contributed by atoms with Crippen LogP contribution in [0.4, 0.5) is 0 Å². The summed E-state index contributed by atoms with van der Waals surface area (Å²) in [6.45, 7) is 15.8. The van der Waals surface area contributed by atoms with E-state index in [-0.39, 0.29) is 11.0 Å². The molecule has 3 heteroatoms. The van der Waals surface area contributed by atoms with Gasteiger partial charge in [-0.25, -0.2) is 0 Å². The normalized spacial score (nSPS) is 32.2. The minimum absolute atomic E-state index is 0.257. The summed E-state index contributed by atoms with van der Waals surface area (Å²) < 4.78 is 6.62. The summed E-state index contributed by atoms with van der Waals surface area (Å²) in [6, 6.07) is 0. The van der Waals surface area contributed by atoms with Gasteiger partial charge in [0.1, 0.15) is 5.78 Å². The second kappa shape index (κ2) is 6.24. The van der Waals surface area contributed by atoms with Crippen LogP contribution in [-0.4, -0.2) is 20.2 Å². The number of rotatable bonds is 4. The smallest absolute Gasteiger partial charge is 0.192 e. The topological polar surface area (TPSA) is 26.3 Å². The number of hydrogen-bond acceptors (Lipinski definition) is 2. The summed E-state index contributed by atoms with van der Waals surface area (Å²) in [5.41, 5.74) is 1.32. The molecular weight excluding hydrogens is 288 g/mol. The standard InChI is InChI=1S/C19H34O2Si/c1-13(2)8-9-16-17-12-15(10-14(17)11-18(16)20)21-22(6,7)19(3,4)5/h8,14-17H,9-12H2,1-7H3/t14-,15-,16+,17-/m0/s1. The maximum absolute atomic E-state index is 12.3. The minimum atomic E-state index is -1.69. The van der Waals surface area contributed by atoms with Gasteiger partial charge < -0.3 is 4.43 Å². The van der Waals surface area contributed by atoms with Gasteiger partial charge in [-0.15, -0.1) is 0 Å². The van der Waals surface area contributed by atoms with E-state index in [1.807, 2.05) is 0 Å². The molecule has 2 rings (SSSR count). The molecule has 0 N–H and O–H groups in total. The third-order valence-corrected chi connectivity index (χ3v) is 10.7. The maximum atomic E-state index is 12.3. The van der Waals surface area contributed by atoms with Crippen molar-refractivity contribution in [3.8, 4) is 0 Å².